The van der Waals surface area contributed by atoms with Crippen LogP contribution < -0.4 is 10.9 Å². The molecule has 0 bridgehead atoms. The monoisotopic (exact) mass is 298 g/mol. The Hall–Kier alpha value is -1.48. The SMILES string of the molecule is Bc1c(C)cc(S(=O)(=O)c2cc(C)c(B)c(C)c2)cc1C. The van der Waals surface area contributed by atoms with Crippen molar-refractivity contribution in [3.8, 4) is 0 Å². The highest BCUT2D eigenvalue weighted by atomic mass is 32.2. The number of aryl methyl sites for hydroxylation is 4. The third-order valence-electron chi connectivity index (χ3n) is 4.42. The Kier molecular flexibility index (Phi) is 4.07. The minimum atomic E-state index is -3.46. The Morgan fingerprint density at radius 1 is 0.667 bits per heavy atom. The second-order valence-electron chi connectivity index (χ2n) is 5.87. The second-order valence-corrected chi connectivity index (χ2v) is 7.82. The first kappa shape index (κ1) is 15.9. The Morgan fingerprint density at radius 2 is 0.905 bits per heavy atom. The van der Waals surface area contributed by atoms with Crippen LogP contribution in [0.2, 0.25) is 0 Å². The van der Waals surface area contributed by atoms with Gasteiger partial charge in [0.05, 0.1) is 9.79 Å². The molecule has 0 unspecified atom stereocenters. The molecule has 0 amide bonds. The van der Waals surface area contributed by atoms with Crippen LogP contribution in [0, 0.1) is 27.7 Å². The van der Waals surface area contributed by atoms with Crippen molar-refractivity contribution in [2.45, 2.75) is 37.5 Å². The molecule has 0 aliphatic heterocycles. The van der Waals surface area contributed by atoms with Crippen LogP contribution >= 0.6 is 0 Å². The van der Waals surface area contributed by atoms with Crippen LogP contribution in [-0.2, 0) is 9.84 Å². The second kappa shape index (κ2) is 5.38. The largest absolute Gasteiger partial charge is 0.219 e. The highest BCUT2D eigenvalue weighted by Gasteiger charge is 2.20. The minimum Gasteiger partial charge on any atom is -0.219 e. The van der Waals surface area contributed by atoms with Crippen LogP contribution in [-0.4, -0.2) is 24.1 Å². The van der Waals surface area contributed by atoms with Gasteiger partial charge in [0.25, 0.3) is 0 Å². The van der Waals surface area contributed by atoms with Gasteiger partial charge >= 0.3 is 0 Å². The van der Waals surface area contributed by atoms with Gasteiger partial charge in [-0.05, 0) is 52.0 Å². The summed E-state index contributed by atoms with van der Waals surface area (Å²) in [5.74, 6) is 0. The van der Waals surface area contributed by atoms with Crippen molar-refractivity contribution in [3.63, 3.8) is 0 Å². The van der Waals surface area contributed by atoms with Crippen LogP contribution in [0.15, 0.2) is 34.1 Å². The summed E-state index contributed by atoms with van der Waals surface area (Å²) in [6.07, 6.45) is 0. The van der Waals surface area contributed by atoms with Gasteiger partial charge in [-0.15, -0.1) is 0 Å². The van der Waals surface area contributed by atoms with Crippen molar-refractivity contribution in [3.05, 3.63) is 46.5 Å². The fraction of sp³-hybridized carbons (Fsp3) is 0.250. The van der Waals surface area contributed by atoms with Gasteiger partial charge in [0.1, 0.15) is 15.7 Å². The van der Waals surface area contributed by atoms with E-state index in [1.165, 1.54) is 0 Å². The van der Waals surface area contributed by atoms with Crippen molar-refractivity contribution >= 4 is 36.5 Å². The van der Waals surface area contributed by atoms with Gasteiger partial charge in [-0.25, -0.2) is 8.42 Å². The zero-order chi connectivity index (χ0) is 15.9. The molecule has 0 saturated heterocycles. The molecule has 0 atom stereocenters. The van der Waals surface area contributed by atoms with Gasteiger partial charge < -0.3 is 0 Å². The summed E-state index contributed by atoms with van der Waals surface area (Å²) in [4.78, 5) is 0.761. The van der Waals surface area contributed by atoms with Crippen molar-refractivity contribution < 1.29 is 8.42 Å². The van der Waals surface area contributed by atoms with Crippen LogP contribution in [0.4, 0.5) is 0 Å². The predicted octanol–water partition coefficient (Wildman–Crippen LogP) is 0.270. The molecule has 0 saturated carbocycles. The van der Waals surface area contributed by atoms with E-state index in [1.807, 2.05) is 43.4 Å². The molecule has 0 aliphatic carbocycles. The number of sulfone groups is 1. The Labute approximate surface area is 129 Å². The summed E-state index contributed by atoms with van der Waals surface area (Å²) in [5, 5.41) is 0. The zero-order valence-electron chi connectivity index (χ0n) is 13.5. The standard InChI is InChI=1S/C16H20B2O2S/c1-9-5-13(6-10(2)15(9)17)21(19,20)14-7-11(3)16(18)12(4)8-14/h5-8H,17-18H2,1-4H3. The van der Waals surface area contributed by atoms with Crippen LogP contribution in [0.25, 0.3) is 0 Å². The summed E-state index contributed by atoms with van der Waals surface area (Å²) in [7, 11) is 0.568. The first-order valence-corrected chi connectivity index (χ1v) is 8.53. The van der Waals surface area contributed by atoms with E-state index in [1.54, 1.807) is 24.3 Å². The van der Waals surface area contributed by atoms with Crippen molar-refractivity contribution in [2.24, 2.45) is 0 Å². The van der Waals surface area contributed by atoms with Gasteiger partial charge in [-0.1, -0.05) is 33.2 Å². The molecule has 21 heavy (non-hydrogen) atoms. The Bertz CT molecular complexity index is 715. The highest BCUT2D eigenvalue weighted by Crippen LogP contribution is 2.23. The van der Waals surface area contributed by atoms with Crippen LogP contribution in [0.1, 0.15) is 22.3 Å². The average Bonchev–Trinajstić information content (AvgIpc) is 2.40. The lowest BCUT2D eigenvalue weighted by Crippen LogP contribution is -2.16. The minimum absolute atomic E-state index is 0.380. The van der Waals surface area contributed by atoms with E-state index < -0.39 is 9.84 Å². The molecule has 0 radical (unpaired) electrons. The summed E-state index contributed by atoms with van der Waals surface area (Å²) >= 11 is 0. The fourth-order valence-corrected chi connectivity index (χ4v) is 4.04. The molecule has 5 heteroatoms. The molecular formula is C16H20B2O2S. The van der Waals surface area contributed by atoms with E-state index >= 15 is 0 Å². The molecule has 0 N–H and O–H groups in total. The number of benzene rings is 2. The van der Waals surface area contributed by atoms with Crippen molar-refractivity contribution in [1.29, 1.82) is 0 Å². The molecule has 0 aromatic heterocycles. The summed E-state index contributed by atoms with van der Waals surface area (Å²) in [6.45, 7) is 7.81. The fourth-order valence-electron chi connectivity index (χ4n) is 2.44. The van der Waals surface area contributed by atoms with Crippen LogP contribution in [0.5, 0.6) is 0 Å². The topological polar surface area (TPSA) is 34.1 Å². The summed E-state index contributed by atoms with van der Waals surface area (Å²) < 4.78 is 25.7. The number of hydrogen-bond acceptors (Lipinski definition) is 2. The maximum absolute atomic E-state index is 12.9. The Morgan fingerprint density at radius 3 is 1.14 bits per heavy atom. The van der Waals surface area contributed by atoms with Gasteiger partial charge in [0.2, 0.25) is 9.84 Å². The quantitative estimate of drug-likeness (QED) is 0.746. The molecule has 2 aromatic rings. The molecule has 2 aromatic carbocycles. The summed E-state index contributed by atoms with van der Waals surface area (Å²) in [6, 6.07) is 7.06. The van der Waals surface area contributed by atoms with Gasteiger partial charge in [0, 0.05) is 0 Å². The van der Waals surface area contributed by atoms with E-state index in [2.05, 4.69) is 0 Å². The van der Waals surface area contributed by atoms with E-state index in [0.717, 1.165) is 33.2 Å². The average molecular weight is 298 g/mol. The van der Waals surface area contributed by atoms with Gasteiger partial charge in [-0.2, -0.15) is 0 Å². The number of hydrogen-bond donors (Lipinski definition) is 0. The number of rotatable bonds is 2. The normalized spacial score (nSPS) is 11.6. The smallest absolute Gasteiger partial charge is 0.206 e. The van der Waals surface area contributed by atoms with Gasteiger partial charge in [0.15, 0.2) is 0 Å². The predicted molar refractivity (Wildman–Crippen MR) is 93.6 cm³/mol. The zero-order valence-corrected chi connectivity index (χ0v) is 14.4. The van der Waals surface area contributed by atoms with E-state index in [4.69, 9.17) is 0 Å². The molecule has 0 heterocycles. The molecule has 2 rings (SSSR count). The molecule has 2 nitrogen and oxygen atoms in total. The van der Waals surface area contributed by atoms with Crippen molar-refractivity contribution in [2.75, 3.05) is 0 Å². The maximum Gasteiger partial charge on any atom is 0.206 e. The van der Waals surface area contributed by atoms with E-state index in [9.17, 15) is 8.42 Å². The first-order chi connectivity index (χ1) is 9.64. The van der Waals surface area contributed by atoms with E-state index in [-0.39, 0.29) is 0 Å². The molecule has 108 valence electrons. The highest BCUT2D eigenvalue weighted by molar-refractivity contribution is 7.91. The third-order valence-corrected chi connectivity index (χ3v) is 6.13. The first-order valence-electron chi connectivity index (χ1n) is 7.05. The van der Waals surface area contributed by atoms with Gasteiger partial charge in [-0.3, -0.25) is 0 Å². The van der Waals surface area contributed by atoms with Crippen LogP contribution in [0.3, 0.4) is 0 Å². The van der Waals surface area contributed by atoms with Crippen molar-refractivity contribution in [1.82, 2.24) is 0 Å². The molecular weight excluding hydrogens is 278 g/mol. The van der Waals surface area contributed by atoms with E-state index in [0.29, 0.717) is 9.79 Å². The molecule has 0 fully saturated rings. The lowest BCUT2D eigenvalue weighted by molar-refractivity contribution is 0.596. The maximum atomic E-state index is 12.9. The Balaban J connectivity index is 2.68. The lowest BCUT2D eigenvalue weighted by Gasteiger charge is -2.13. The third kappa shape index (κ3) is 2.80. The lowest BCUT2D eigenvalue weighted by atomic mass is 9.87. The molecule has 0 aliphatic rings. The summed E-state index contributed by atoms with van der Waals surface area (Å²) in [5.41, 5.74) is 6.32. The molecule has 0 spiro atoms.